The van der Waals surface area contributed by atoms with Gasteiger partial charge in [0.1, 0.15) is 5.69 Å². The predicted octanol–water partition coefficient (Wildman–Crippen LogP) is 3.23. The van der Waals surface area contributed by atoms with Crippen molar-refractivity contribution in [3.05, 3.63) is 64.1 Å². The maximum atomic E-state index is 12.5. The van der Waals surface area contributed by atoms with E-state index in [-0.39, 0.29) is 16.4 Å². The van der Waals surface area contributed by atoms with Gasteiger partial charge >= 0.3 is 5.76 Å². The van der Waals surface area contributed by atoms with Crippen LogP contribution in [0.2, 0.25) is 5.02 Å². The van der Waals surface area contributed by atoms with Crippen molar-refractivity contribution in [3.8, 4) is 11.3 Å². The second-order valence-electron chi connectivity index (χ2n) is 5.36. The smallest absolute Gasteiger partial charge is 0.408 e. The second kappa shape index (κ2) is 6.04. The van der Waals surface area contributed by atoms with E-state index in [1.807, 2.05) is 0 Å². The number of hydrogen-bond acceptors (Lipinski definition) is 6. The summed E-state index contributed by atoms with van der Waals surface area (Å²) in [5, 5.41) is 4.41. The number of fused-ring (bicyclic) bond motifs is 1. The van der Waals surface area contributed by atoms with Crippen molar-refractivity contribution >= 4 is 38.6 Å². The number of halogens is 1. The number of hydrogen-bond donors (Lipinski definition) is 2. The molecular weight excluding hydrogens is 382 g/mol. The minimum absolute atomic E-state index is 0.0504. The first-order valence-corrected chi connectivity index (χ1v) is 9.15. The van der Waals surface area contributed by atoms with Gasteiger partial charge in [0.25, 0.3) is 10.0 Å². The molecule has 4 rings (SSSR count). The van der Waals surface area contributed by atoms with E-state index in [0.29, 0.717) is 16.2 Å². The van der Waals surface area contributed by atoms with Gasteiger partial charge in [0, 0.05) is 22.7 Å². The van der Waals surface area contributed by atoms with Gasteiger partial charge in [-0.2, -0.15) is 0 Å². The van der Waals surface area contributed by atoms with E-state index in [4.69, 9.17) is 20.5 Å². The third-order valence-electron chi connectivity index (χ3n) is 3.59. The minimum atomic E-state index is -3.95. The van der Waals surface area contributed by atoms with Crippen molar-refractivity contribution in [2.24, 2.45) is 0 Å². The highest BCUT2D eigenvalue weighted by Gasteiger charge is 2.19. The molecule has 26 heavy (non-hydrogen) atoms. The van der Waals surface area contributed by atoms with Crippen molar-refractivity contribution in [2.45, 2.75) is 4.90 Å². The molecule has 0 fully saturated rings. The normalized spacial score (nSPS) is 11.7. The van der Waals surface area contributed by atoms with Crippen LogP contribution in [0, 0.1) is 0 Å². The van der Waals surface area contributed by atoms with Gasteiger partial charge in [-0.1, -0.05) is 28.9 Å². The zero-order valence-corrected chi connectivity index (χ0v) is 14.5. The van der Waals surface area contributed by atoms with E-state index in [1.165, 1.54) is 24.3 Å². The van der Waals surface area contributed by atoms with Crippen LogP contribution < -0.4 is 10.5 Å². The molecule has 0 unspecified atom stereocenters. The number of anilines is 1. The first kappa shape index (κ1) is 16.4. The van der Waals surface area contributed by atoms with Crippen molar-refractivity contribution in [1.29, 1.82) is 0 Å². The number of nitrogens with zero attached hydrogens (tertiary/aromatic N) is 1. The Kier molecular flexibility index (Phi) is 3.82. The number of H-pyrrole nitrogens is 1. The lowest BCUT2D eigenvalue weighted by molar-refractivity contribution is 0.438. The number of rotatable bonds is 4. The summed E-state index contributed by atoms with van der Waals surface area (Å²) in [6, 6.07) is 12.3. The molecule has 0 atom stereocenters. The maximum Gasteiger partial charge on any atom is 0.417 e. The van der Waals surface area contributed by atoms with Crippen molar-refractivity contribution in [2.75, 3.05) is 4.72 Å². The molecule has 0 saturated carbocycles. The molecule has 2 N–H and O–H groups in total. The molecule has 0 saturated heterocycles. The second-order valence-corrected chi connectivity index (χ2v) is 7.48. The fourth-order valence-corrected chi connectivity index (χ4v) is 3.48. The molecule has 4 aromatic rings. The Morgan fingerprint density at radius 2 is 1.85 bits per heavy atom. The summed E-state index contributed by atoms with van der Waals surface area (Å²) in [4.78, 5) is 13.5. The monoisotopic (exact) mass is 391 g/mol. The van der Waals surface area contributed by atoms with E-state index in [0.717, 1.165) is 5.56 Å². The molecular formula is C16H10ClN3O5S. The van der Waals surface area contributed by atoms with Crippen LogP contribution in [0.1, 0.15) is 0 Å². The quantitative estimate of drug-likeness (QED) is 0.551. The summed E-state index contributed by atoms with van der Waals surface area (Å²) in [5.41, 5.74) is 1.71. The van der Waals surface area contributed by atoms with Crippen LogP contribution in [-0.4, -0.2) is 18.6 Å². The SMILES string of the molecule is O=c1[nH]c2ccc(S(=O)(=O)Nc3cc(-c4ccc(Cl)cc4)no3)cc2o1. The van der Waals surface area contributed by atoms with Crippen LogP contribution in [0.3, 0.4) is 0 Å². The average Bonchev–Trinajstić information content (AvgIpc) is 3.19. The Hall–Kier alpha value is -3.04. The van der Waals surface area contributed by atoms with Gasteiger partial charge in [-0.05, 0) is 24.3 Å². The highest BCUT2D eigenvalue weighted by atomic mass is 35.5. The van der Waals surface area contributed by atoms with Crippen molar-refractivity contribution in [3.63, 3.8) is 0 Å². The minimum Gasteiger partial charge on any atom is -0.408 e. The molecule has 0 spiro atoms. The number of sulfonamides is 1. The zero-order chi connectivity index (χ0) is 18.3. The fourth-order valence-electron chi connectivity index (χ4n) is 2.36. The highest BCUT2D eigenvalue weighted by molar-refractivity contribution is 7.92. The van der Waals surface area contributed by atoms with Gasteiger partial charge in [-0.25, -0.2) is 17.9 Å². The number of oxazole rings is 1. The molecule has 2 aromatic heterocycles. The van der Waals surface area contributed by atoms with Crippen LogP contribution in [0.15, 0.2) is 67.2 Å². The third kappa shape index (κ3) is 3.09. The molecule has 2 aromatic carbocycles. The standard InChI is InChI=1S/C16H10ClN3O5S/c17-10-3-1-9(2-4-10)13-8-15(25-19-13)20-26(22,23)11-5-6-12-14(7-11)24-16(21)18-12/h1-8,20H,(H,18,21). The van der Waals surface area contributed by atoms with E-state index in [2.05, 4.69) is 14.9 Å². The van der Waals surface area contributed by atoms with Gasteiger partial charge in [0.15, 0.2) is 5.58 Å². The summed E-state index contributed by atoms with van der Waals surface area (Å²) in [6.45, 7) is 0. The van der Waals surface area contributed by atoms with Crippen molar-refractivity contribution in [1.82, 2.24) is 10.1 Å². The molecule has 132 valence electrons. The lowest BCUT2D eigenvalue weighted by Gasteiger charge is -2.04. The summed E-state index contributed by atoms with van der Waals surface area (Å²) in [6.07, 6.45) is 0. The Balaban J connectivity index is 1.62. The number of benzene rings is 2. The third-order valence-corrected chi connectivity index (χ3v) is 5.18. The number of nitrogens with one attached hydrogen (secondary N) is 2. The first-order chi connectivity index (χ1) is 12.4. The van der Waals surface area contributed by atoms with Crippen molar-refractivity contribution < 1.29 is 17.4 Å². The molecule has 2 heterocycles. The van der Waals surface area contributed by atoms with Gasteiger partial charge < -0.3 is 8.94 Å². The van der Waals surface area contributed by atoms with Crippen LogP contribution in [0.25, 0.3) is 22.4 Å². The van der Waals surface area contributed by atoms with E-state index in [9.17, 15) is 13.2 Å². The number of aromatic amines is 1. The van der Waals surface area contributed by atoms with E-state index in [1.54, 1.807) is 24.3 Å². The van der Waals surface area contributed by atoms with Gasteiger partial charge in [-0.3, -0.25) is 4.98 Å². The molecule has 0 aliphatic carbocycles. The molecule has 0 radical (unpaired) electrons. The molecule has 0 amide bonds. The van der Waals surface area contributed by atoms with Crippen LogP contribution >= 0.6 is 11.6 Å². The molecule has 0 aliphatic heterocycles. The van der Waals surface area contributed by atoms with Crippen LogP contribution in [0.4, 0.5) is 5.88 Å². The number of aromatic nitrogens is 2. The van der Waals surface area contributed by atoms with Gasteiger partial charge in [-0.15, -0.1) is 0 Å². The first-order valence-electron chi connectivity index (χ1n) is 7.29. The highest BCUT2D eigenvalue weighted by Crippen LogP contribution is 2.25. The predicted molar refractivity (Wildman–Crippen MR) is 94.6 cm³/mol. The lowest BCUT2D eigenvalue weighted by atomic mass is 10.1. The molecule has 0 aliphatic rings. The lowest BCUT2D eigenvalue weighted by Crippen LogP contribution is -2.12. The molecule has 0 bridgehead atoms. The largest absolute Gasteiger partial charge is 0.417 e. The Morgan fingerprint density at radius 3 is 2.62 bits per heavy atom. The van der Waals surface area contributed by atoms with Gasteiger partial charge in [0.05, 0.1) is 10.4 Å². The van der Waals surface area contributed by atoms with E-state index < -0.39 is 15.8 Å². The van der Waals surface area contributed by atoms with E-state index >= 15 is 0 Å². The van der Waals surface area contributed by atoms with Gasteiger partial charge in [0.2, 0.25) is 5.88 Å². The Labute approximate surface area is 151 Å². The fraction of sp³-hybridized carbons (Fsp3) is 0. The zero-order valence-electron chi connectivity index (χ0n) is 12.9. The summed E-state index contributed by atoms with van der Waals surface area (Å²) in [5.74, 6) is -0.712. The molecule has 8 nitrogen and oxygen atoms in total. The summed E-state index contributed by atoms with van der Waals surface area (Å²) in [7, 11) is -3.95. The Morgan fingerprint density at radius 1 is 1.08 bits per heavy atom. The molecule has 10 heteroatoms. The average molecular weight is 392 g/mol. The summed E-state index contributed by atoms with van der Waals surface area (Å²) >= 11 is 5.84. The Bertz CT molecular complexity index is 1260. The van der Waals surface area contributed by atoms with Crippen LogP contribution in [-0.2, 0) is 10.0 Å². The summed E-state index contributed by atoms with van der Waals surface area (Å²) < 4.78 is 37.2. The topological polar surface area (TPSA) is 118 Å². The van der Waals surface area contributed by atoms with Crippen LogP contribution in [0.5, 0.6) is 0 Å². The maximum absolute atomic E-state index is 12.5.